The maximum Gasteiger partial charge on any atom is 0.234 e. The van der Waals surface area contributed by atoms with Crippen LogP contribution in [0.1, 0.15) is 0 Å². The van der Waals surface area contributed by atoms with Gasteiger partial charge in [0.2, 0.25) is 5.91 Å². The maximum atomic E-state index is 13.0. The van der Waals surface area contributed by atoms with Crippen LogP contribution in [0.4, 0.5) is 10.1 Å². The Balaban J connectivity index is 1.85. The van der Waals surface area contributed by atoms with Gasteiger partial charge in [-0.2, -0.15) is 0 Å². The van der Waals surface area contributed by atoms with Gasteiger partial charge in [-0.05, 0) is 18.2 Å². The van der Waals surface area contributed by atoms with E-state index in [-0.39, 0.29) is 17.5 Å². The van der Waals surface area contributed by atoms with E-state index in [2.05, 4.69) is 15.5 Å². The van der Waals surface area contributed by atoms with Crippen LogP contribution in [0.15, 0.2) is 35.7 Å². The summed E-state index contributed by atoms with van der Waals surface area (Å²) in [5.41, 5.74) is 0.432. The van der Waals surface area contributed by atoms with Crippen molar-refractivity contribution in [3.05, 3.63) is 36.4 Å². The summed E-state index contributed by atoms with van der Waals surface area (Å²) in [5, 5.41) is 11.0. The summed E-state index contributed by atoms with van der Waals surface area (Å²) >= 11 is 1.26. The zero-order chi connectivity index (χ0) is 15.1. The molecule has 1 amide bonds. The fraction of sp³-hybridized carbons (Fsp3) is 0.308. The summed E-state index contributed by atoms with van der Waals surface area (Å²) in [5.74, 6) is -0.450. The molecule has 6 nitrogen and oxygen atoms in total. The topological polar surface area (TPSA) is 69.0 Å². The third-order valence-electron chi connectivity index (χ3n) is 2.56. The highest BCUT2D eigenvalue weighted by Gasteiger charge is 2.09. The molecule has 8 heteroatoms. The van der Waals surface area contributed by atoms with Crippen LogP contribution in [0.25, 0.3) is 0 Å². The number of hydrogen-bond acceptors (Lipinski definition) is 5. The quantitative estimate of drug-likeness (QED) is 0.790. The molecule has 0 aliphatic heterocycles. The molecule has 0 spiro atoms. The largest absolute Gasteiger partial charge is 0.383 e. The number of ether oxygens (including phenoxy) is 1. The first-order chi connectivity index (χ1) is 10.2. The molecule has 2 rings (SSSR count). The van der Waals surface area contributed by atoms with Crippen LogP contribution in [-0.4, -0.2) is 40.1 Å². The molecule has 0 atom stereocenters. The van der Waals surface area contributed by atoms with Crippen LogP contribution in [0.2, 0.25) is 0 Å². The van der Waals surface area contributed by atoms with Gasteiger partial charge in [0.1, 0.15) is 12.1 Å². The Morgan fingerprint density at radius 3 is 3.14 bits per heavy atom. The van der Waals surface area contributed by atoms with Gasteiger partial charge in [-0.25, -0.2) is 4.39 Å². The fourth-order valence-electron chi connectivity index (χ4n) is 1.59. The Morgan fingerprint density at radius 2 is 2.38 bits per heavy atom. The molecule has 1 N–H and O–H groups in total. The second kappa shape index (κ2) is 7.75. The highest BCUT2D eigenvalue weighted by molar-refractivity contribution is 7.99. The molecule has 2 aromatic rings. The Hall–Kier alpha value is -1.93. The SMILES string of the molecule is COCCn1cnnc1SCC(=O)Nc1cccc(F)c1. The van der Waals surface area contributed by atoms with Crippen LogP contribution < -0.4 is 5.32 Å². The lowest BCUT2D eigenvalue weighted by molar-refractivity contribution is -0.113. The molecule has 0 aliphatic carbocycles. The molecule has 0 saturated heterocycles. The number of carbonyl (C=O) groups is 1. The number of benzene rings is 1. The number of amides is 1. The van der Waals surface area contributed by atoms with Crippen LogP contribution >= 0.6 is 11.8 Å². The zero-order valence-electron chi connectivity index (χ0n) is 11.5. The molecule has 1 aromatic carbocycles. The second-order valence-corrected chi connectivity index (χ2v) is 5.09. The van der Waals surface area contributed by atoms with Gasteiger partial charge >= 0.3 is 0 Å². The average molecular weight is 310 g/mol. The van der Waals surface area contributed by atoms with Crippen LogP contribution in [0.5, 0.6) is 0 Å². The molecular formula is C13H15FN4O2S. The molecule has 1 heterocycles. The monoisotopic (exact) mass is 310 g/mol. The van der Waals surface area contributed by atoms with E-state index in [1.54, 1.807) is 25.6 Å². The normalized spacial score (nSPS) is 10.6. The second-order valence-electron chi connectivity index (χ2n) is 4.15. The van der Waals surface area contributed by atoms with Gasteiger partial charge in [0.05, 0.1) is 12.4 Å². The Morgan fingerprint density at radius 1 is 1.52 bits per heavy atom. The summed E-state index contributed by atoms with van der Waals surface area (Å²) in [7, 11) is 1.61. The van der Waals surface area contributed by atoms with Crippen LogP contribution in [0.3, 0.4) is 0 Å². The lowest BCUT2D eigenvalue weighted by atomic mass is 10.3. The molecule has 0 saturated carbocycles. The number of rotatable bonds is 7. The first-order valence-electron chi connectivity index (χ1n) is 6.24. The highest BCUT2D eigenvalue weighted by Crippen LogP contribution is 2.16. The Kier molecular flexibility index (Phi) is 5.70. The van der Waals surface area contributed by atoms with Crippen molar-refractivity contribution in [3.8, 4) is 0 Å². The molecule has 0 aliphatic rings. The highest BCUT2D eigenvalue weighted by atomic mass is 32.2. The van der Waals surface area contributed by atoms with Gasteiger partial charge in [0.15, 0.2) is 5.16 Å². The first-order valence-corrected chi connectivity index (χ1v) is 7.22. The van der Waals surface area contributed by atoms with Crippen LogP contribution in [0, 0.1) is 5.82 Å². The van der Waals surface area contributed by atoms with E-state index >= 15 is 0 Å². The van der Waals surface area contributed by atoms with E-state index in [0.717, 1.165) is 0 Å². The molecule has 1 aromatic heterocycles. The smallest absolute Gasteiger partial charge is 0.234 e. The third kappa shape index (κ3) is 4.83. The standard InChI is InChI=1S/C13H15FN4O2S/c1-20-6-5-18-9-15-17-13(18)21-8-12(19)16-11-4-2-3-10(14)7-11/h2-4,7,9H,5-6,8H2,1H3,(H,16,19). The van der Waals surface area contributed by atoms with Crippen LogP contribution in [-0.2, 0) is 16.1 Å². The lowest BCUT2D eigenvalue weighted by Gasteiger charge is -2.06. The summed E-state index contributed by atoms with van der Waals surface area (Å²) in [4.78, 5) is 11.8. The molecular weight excluding hydrogens is 295 g/mol. The number of methoxy groups -OCH3 is 1. The summed E-state index contributed by atoms with van der Waals surface area (Å²) in [6.45, 7) is 1.17. The minimum atomic E-state index is -0.389. The number of carbonyl (C=O) groups excluding carboxylic acids is 1. The Bertz CT molecular complexity index is 605. The van der Waals surface area contributed by atoms with Crippen molar-refractivity contribution in [2.75, 3.05) is 24.8 Å². The van der Waals surface area contributed by atoms with Crippen molar-refractivity contribution >= 4 is 23.4 Å². The third-order valence-corrected chi connectivity index (χ3v) is 3.54. The molecule has 21 heavy (non-hydrogen) atoms. The van der Waals surface area contributed by atoms with Gasteiger partial charge in [-0.3, -0.25) is 4.79 Å². The summed E-state index contributed by atoms with van der Waals surface area (Å²) < 4.78 is 19.8. The molecule has 0 radical (unpaired) electrons. The van der Waals surface area contributed by atoms with Gasteiger partial charge < -0.3 is 14.6 Å². The van der Waals surface area contributed by atoms with E-state index < -0.39 is 0 Å². The van der Waals surface area contributed by atoms with Gasteiger partial charge in [-0.1, -0.05) is 17.8 Å². The number of nitrogens with zero attached hydrogens (tertiary/aromatic N) is 3. The zero-order valence-corrected chi connectivity index (χ0v) is 12.3. The van der Waals surface area contributed by atoms with Crippen molar-refractivity contribution in [2.24, 2.45) is 0 Å². The number of aromatic nitrogens is 3. The summed E-state index contributed by atoms with van der Waals surface area (Å²) in [6.07, 6.45) is 1.59. The number of nitrogens with one attached hydrogen (secondary N) is 1. The fourth-order valence-corrected chi connectivity index (χ4v) is 2.33. The summed E-state index contributed by atoms with van der Waals surface area (Å²) in [6, 6.07) is 5.76. The predicted molar refractivity (Wildman–Crippen MR) is 77.7 cm³/mol. The minimum Gasteiger partial charge on any atom is -0.383 e. The molecule has 0 unspecified atom stereocenters. The van der Waals surface area contributed by atoms with Gasteiger partial charge in [0, 0.05) is 19.3 Å². The molecule has 0 bridgehead atoms. The van der Waals surface area contributed by atoms with E-state index in [1.807, 2.05) is 4.57 Å². The predicted octanol–water partition coefficient (Wildman–Crippen LogP) is 1.79. The molecule has 112 valence electrons. The Labute approximate surface area is 125 Å². The van der Waals surface area contributed by atoms with E-state index in [9.17, 15) is 9.18 Å². The average Bonchev–Trinajstić information content (AvgIpc) is 2.90. The van der Waals surface area contributed by atoms with Crippen molar-refractivity contribution in [3.63, 3.8) is 0 Å². The van der Waals surface area contributed by atoms with Gasteiger partial charge in [0.25, 0.3) is 0 Å². The molecule has 0 fully saturated rings. The maximum absolute atomic E-state index is 13.0. The van der Waals surface area contributed by atoms with Crippen molar-refractivity contribution in [1.29, 1.82) is 0 Å². The van der Waals surface area contributed by atoms with Gasteiger partial charge in [-0.15, -0.1) is 10.2 Å². The number of thioether (sulfide) groups is 1. The van der Waals surface area contributed by atoms with Crippen molar-refractivity contribution < 1.29 is 13.9 Å². The first kappa shape index (κ1) is 15.5. The van der Waals surface area contributed by atoms with E-state index in [0.29, 0.717) is 24.0 Å². The van der Waals surface area contributed by atoms with Crippen molar-refractivity contribution in [1.82, 2.24) is 14.8 Å². The minimum absolute atomic E-state index is 0.169. The van der Waals surface area contributed by atoms with Crippen molar-refractivity contribution in [2.45, 2.75) is 11.7 Å². The lowest BCUT2D eigenvalue weighted by Crippen LogP contribution is -2.15. The number of anilines is 1. The number of hydrogen-bond donors (Lipinski definition) is 1. The number of halogens is 1. The van der Waals surface area contributed by atoms with E-state index in [4.69, 9.17) is 4.74 Å². The van der Waals surface area contributed by atoms with E-state index in [1.165, 1.54) is 23.9 Å².